The van der Waals surface area contributed by atoms with Gasteiger partial charge in [-0.3, -0.25) is 14.9 Å². The molecule has 8 nitrogen and oxygen atoms in total. The Morgan fingerprint density at radius 3 is 2.72 bits per heavy atom. The highest BCUT2D eigenvalue weighted by atomic mass is 16.6. The first kappa shape index (κ1) is 18.4. The largest absolute Gasteiger partial charge is 0.466 e. The number of amides is 1. The summed E-state index contributed by atoms with van der Waals surface area (Å²) in [5, 5.41) is 11.5. The summed E-state index contributed by atoms with van der Waals surface area (Å²) in [5.41, 5.74) is 6.28. The predicted molar refractivity (Wildman–Crippen MR) is 92.9 cm³/mol. The number of carbonyl (C=O) groups excluding carboxylic acids is 2. The smallest absolute Gasteiger partial charge is 0.330 e. The first-order chi connectivity index (χ1) is 11.8. The summed E-state index contributed by atoms with van der Waals surface area (Å²) in [6, 6.07) is 4.78. The zero-order valence-corrected chi connectivity index (χ0v) is 14.2. The molecule has 0 bridgehead atoms. The molecule has 0 spiro atoms. The van der Waals surface area contributed by atoms with E-state index in [4.69, 9.17) is 5.73 Å². The van der Waals surface area contributed by atoms with Gasteiger partial charge in [0.25, 0.3) is 5.69 Å². The van der Waals surface area contributed by atoms with Crippen LogP contribution in [0, 0.1) is 16.0 Å². The lowest BCUT2D eigenvalue weighted by atomic mass is 9.92. The Morgan fingerprint density at radius 1 is 1.40 bits per heavy atom. The molecule has 0 aromatic heterocycles. The van der Waals surface area contributed by atoms with Gasteiger partial charge >= 0.3 is 5.97 Å². The van der Waals surface area contributed by atoms with Crippen molar-refractivity contribution < 1.29 is 19.2 Å². The number of nitrogens with zero attached hydrogens (tertiary/aromatic N) is 2. The fourth-order valence-corrected chi connectivity index (χ4v) is 2.94. The molecule has 134 valence electrons. The Labute approximate surface area is 145 Å². The van der Waals surface area contributed by atoms with Crippen LogP contribution in [0.3, 0.4) is 0 Å². The molecule has 1 heterocycles. The van der Waals surface area contributed by atoms with Crippen molar-refractivity contribution in [2.24, 2.45) is 11.7 Å². The third-order valence-corrected chi connectivity index (χ3v) is 4.40. The maximum absolute atomic E-state index is 11.5. The number of esters is 1. The van der Waals surface area contributed by atoms with Crippen LogP contribution in [-0.2, 0) is 14.3 Å². The van der Waals surface area contributed by atoms with E-state index >= 15 is 0 Å². The number of nitrogens with two attached hydrogens (primary N) is 1. The standard InChI is InChI=1S/C17H21N3O5/c1-11-3-6-13(17(18)22)10-19(11)14-7-4-12(5-8-16(21)25-2)9-15(14)20(23)24/h4-5,7-9,11,13H,3,6,10H2,1-2H3,(H2,18,22)/b8-5-. The Balaban J connectivity index is 2.36. The van der Waals surface area contributed by atoms with Gasteiger partial charge < -0.3 is 15.4 Å². The average Bonchev–Trinajstić information content (AvgIpc) is 2.59. The molecule has 1 aromatic carbocycles. The lowest BCUT2D eigenvalue weighted by Crippen LogP contribution is -2.46. The maximum atomic E-state index is 11.5. The molecular weight excluding hydrogens is 326 g/mol. The summed E-state index contributed by atoms with van der Waals surface area (Å²) in [5.74, 6) is -1.26. The minimum absolute atomic E-state index is 0.0609. The molecule has 1 aliphatic rings. The highest BCUT2D eigenvalue weighted by Gasteiger charge is 2.32. The van der Waals surface area contributed by atoms with Crippen LogP contribution in [0.2, 0.25) is 0 Å². The molecule has 8 heteroatoms. The first-order valence-corrected chi connectivity index (χ1v) is 7.94. The van der Waals surface area contributed by atoms with Gasteiger partial charge in [-0.05, 0) is 37.5 Å². The highest BCUT2D eigenvalue weighted by molar-refractivity contribution is 5.87. The van der Waals surface area contributed by atoms with Crippen molar-refractivity contribution in [1.29, 1.82) is 0 Å². The molecule has 0 radical (unpaired) electrons. The highest BCUT2D eigenvalue weighted by Crippen LogP contribution is 2.35. The number of piperidine rings is 1. The van der Waals surface area contributed by atoms with Crippen LogP contribution in [0.5, 0.6) is 0 Å². The van der Waals surface area contributed by atoms with Gasteiger partial charge in [0, 0.05) is 24.7 Å². The van der Waals surface area contributed by atoms with E-state index in [1.165, 1.54) is 25.3 Å². The minimum Gasteiger partial charge on any atom is -0.466 e. The van der Waals surface area contributed by atoms with E-state index in [0.717, 1.165) is 6.42 Å². The van der Waals surface area contributed by atoms with Gasteiger partial charge in [0.1, 0.15) is 5.69 Å². The number of hydrogen-bond acceptors (Lipinski definition) is 6. The molecule has 1 aliphatic heterocycles. The second kappa shape index (κ2) is 7.78. The number of primary amides is 1. The van der Waals surface area contributed by atoms with Crippen LogP contribution >= 0.6 is 0 Å². The normalized spacial score (nSPS) is 20.5. The van der Waals surface area contributed by atoms with E-state index in [2.05, 4.69) is 4.74 Å². The monoisotopic (exact) mass is 347 g/mol. The van der Waals surface area contributed by atoms with Crippen molar-refractivity contribution in [3.63, 3.8) is 0 Å². The van der Waals surface area contributed by atoms with Crippen LogP contribution in [0.1, 0.15) is 25.3 Å². The van der Waals surface area contributed by atoms with Gasteiger partial charge in [-0.1, -0.05) is 6.07 Å². The van der Waals surface area contributed by atoms with Gasteiger partial charge in [0.15, 0.2) is 0 Å². The predicted octanol–water partition coefficient (Wildman–Crippen LogP) is 1.87. The van der Waals surface area contributed by atoms with Crippen molar-refractivity contribution in [1.82, 2.24) is 0 Å². The SMILES string of the molecule is COC(=O)/C=C\c1ccc(N2CC(C(N)=O)CCC2C)c([N+](=O)[O-])c1. The van der Waals surface area contributed by atoms with Gasteiger partial charge in [-0.15, -0.1) is 0 Å². The molecule has 1 amide bonds. The molecule has 25 heavy (non-hydrogen) atoms. The molecule has 2 unspecified atom stereocenters. The summed E-state index contributed by atoms with van der Waals surface area (Å²) in [6.45, 7) is 2.32. The van der Waals surface area contributed by atoms with Crippen LogP contribution in [0.4, 0.5) is 11.4 Å². The Morgan fingerprint density at radius 2 is 2.12 bits per heavy atom. The Hall–Kier alpha value is -2.90. The van der Waals surface area contributed by atoms with Gasteiger partial charge in [0.05, 0.1) is 18.0 Å². The number of anilines is 1. The fraction of sp³-hybridized carbons (Fsp3) is 0.412. The third-order valence-electron chi connectivity index (χ3n) is 4.40. The first-order valence-electron chi connectivity index (χ1n) is 7.94. The third kappa shape index (κ3) is 4.34. The molecular formula is C17H21N3O5. The van der Waals surface area contributed by atoms with Crippen LogP contribution in [0.15, 0.2) is 24.3 Å². The van der Waals surface area contributed by atoms with Crippen molar-refractivity contribution in [2.45, 2.75) is 25.8 Å². The van der Waals surface area contributed by atoms with Crippen LogP contribution in [0.25, 0.3) is 6.08 Å². The molecule has 0 aliphatic carbocycles. The van der Waals surface area contributed by atoms with Crippen molar-refractivity contribution in [3.8, 4) is 0 Å². The quantitative estimate of drug-likeness (QED) is 0.376. The molecule has 0 saturated carbocycles. The summed E-state index contributed by atoms with van der Waals surface area (Å²) < 4.78 is 4.51. The number of benzene rings is 1. The minimum atomic E-state index is -0.541. The van der Waals surface area contributed by atoms with E-state index in [1.54, 1.807) is 12.1 Å². The molecule has 1 aromatic rings. The summed E-state index contributed by atoms with van der Waals surface area (Å²) in [4.78, 5) is 35.6. The lowest BCUT2D eigenvalue weighted by Gasteiger charge is -2.38. The van der Waals surface area contributed by atoms with E-state index in [0.29, 0.717) is 24.2 Å². The second-order valence-corrected chi connectivity index (χ2v) is 6.04. The molecule has 1 fully saturated rings. The summed E-state index contributed by atoms with van der Waals surface area (Å²) in [7, 11) is 1.26. The molecule has 1 saturated heterocycles. The fourth-order valence-electron chi connectivity index (χ4n) is 2.94. The lowest BCUT2D eigenvalue weighted by molar-refractivity contribution is -0.384. The van der Waals surface area contributed by atoms with E-state index in [1.807, 2.05) is 11.8 Å². The van der Waals surface area contributed by atoms with Gasteiger partial charge in [0.2, 0.25) is 5.91 Å². The molecule has 2 atom stereocenters. The number of rotatable bonds is 5. The number of nitro benzene ring substituents is 1. The summed E-state index contributed by atoms with van der Waals surface area (Å²) in [6.07, 6.45) is 4.06. The number of ether oxygens (including phenoxy) is 1. The van der Waals surface area contributed by atoms with Crippen molar-refractivity contribution in [2.75, 3.05) is 18.6 Å². The summed E-state index contributed by atoms with van der Waals surface area (Å²) >= 11 is 0. The van der Waals surface area contributed by atoms with E-state index in [9.17, 15) is 19.7 Å². The van der Waals surface area contributed by atoms with Crippen LogP contribution in [-0.4, -0.2) is 36.5 Å². The molecule has 2 rings (SSSR count). The zero-order valence-electron chi connectivity index (χ0n) is 14.2. The number of methoxy groups -OCH3 is 1. The Bertz CT molecular complexity index is 716. The average molecular weight is 347 g/mol. The number of nitro groups is 1. The van der Waals surface area contributed by atoms with Crippen LogP contribution < -0.4 is 10.6 Å². The topological polar surface area (TPSA) is 116 Å². The van der Waals surface area contributed by atoms with Crippen molar-refractivity contribution in [3.05, 3.63) is 40.0 Å². The second-order valence-electron chi connectivity index (χ2n) is 6.04. The number of hydrogen-bond donors (Lipinski definition) is 1. The van der Waals surface area contributed by atoms with Gasteiger partial charge in [-0.2, -0.15) is 0 Å². The molecule has 2 N–H and O–H groups in total. The van der Waals surface area contributed by atoms with E-state index < -0.39 is 16.8 Å². The number of carbonyl (C=O) groups is 2. The van der Waals surface area contributed by atoms with E-state index in [-0.39, 0.29) is 17.6 Å². The Kier molecular flexibility index (Phi) is 5.74. The van der Waals surface area contributed by atoms with Gasteiger partial charge in [-0.25, -0.2) is 4.79 Å². The maximum Gasteiger partial charge on any atom is 0.330 e. The zero-order chi connectivity index (χ0) is 18.6. The van der Waals surface area contributed by atoms with Crippen molar-refractivity contribution >= 4 is 29.3 Å².